The molecule has 7 rings (SSSR count). The second kappa shape index (κ2) is 10.0. The summed E-state index contributed by atoms with van der Waals surface area (Å²) in [4.78, 5) is 27.1. The number of carbonyl (C=O) groups is 2. The van der Waals surface area contributed by atoms with Crippen LogP contribution < -0.4 is 0 Å². The molecule has 1 aliphatic carbocycles. The summed E-state index contributed by atoms with van der Waals surface area (Å²) >= 11 is 0. The van der Waals surface area contributed by atoms with Crippen molar-refractivity contribution in [1.29, 1.82) is 0 Å². The lowest BCUT2D eigenvalue weighted by atomic mass is 9.84. The van der Waals surface area contributed by atoms with E-state index in [1.165, 1.54) is 21.5 Å². The second-order valence-electron chi connectivity index (χ2n) is 8.18. The topological polar surface area (TPSA) is 49.9 Å². The predicted octanol–water partition coefficient (Wildman–Crippen LogP) is 7.47. The summed E-state index contributed by atoms with van der Waals surface area (Å²) in [7, 11) is 0. The van der Waals surface area contributed by atoms with Crippen LogP contribution in [-0.4, -0.2) is 16.6 Å². The van der Waals surface area contributed by atoms with Gasteiger partial charge in [0.05, 0.1) is 0 Å². The molecule has 168 valence electrons. The normalized spacial score (nSPS) is 11.5. The first kappa shape index (κ1) is 22.1. The minimum atomic E-state index is -0.0641. The molecular weight excluding hydrogens is 430 g/mol. The van der Waals surface area contributed by atoms with Crippen LogP contribution in [0, 0.1) is 0 Å². The second-order valence-corrected chi connectivity index (χ2v) is 8.18. The van der Waals surface area contributed by atoms with Crippen LogP contribution in [-0.2, 0) is 0 Å². The summed E-state index contributed by atoms with van der Waals surface area (Å²) in [6, 6.07) is 39.2. The van der Waals surface area contributed by atoms with Gasteiger partial charge in [0, 0.05) is 34.6 Å². The zero-order valence-electron chi connectivity index (χ0n) is 19.0. The van der Waals surface area contributed by atoms with Gasteiger partial charge in [0.1, 0.15) is 0 Å². The quantitative estimate of drug-likeness (QED) is 0.242. The van der Waals surface area contributed by atoms with Gasteiger partial charge in [-0.15, -0.1) is 0 Å². The van der Waals surface area contributed by atoms with Crippen molar-refractivity contribution in [2.75, 3.05) is 0 Å². The van der Waals surface area contributed by atoms with Crippen molar-refractivity contribution in [3.8, 4) is 0 Å². The average Bonchev–Trinajstić information content (AvgIpc) is 3.52. The molecule has 1 aliphatic rings. The van der Waals surface area contributed by atoms with E-state index in [1.807, 2.05) is 24.5 Å². The van der Waals surface area contributed by atoms with E-state index in [0.29, 0.717) is 22.3 Å². The van der Waals surface area contributed by atoms with Crippen molar-refractivity contribution in [2.24, 2.45) is 0 Å². The lowest BCUT2D eigenvalue weighted by Gasteiger charge is -2.16. The fraction of sp³-hybridized carbons (Fsp3) is 0. The number of fused-ring (bicyclic) bond motifs is 4. The van der Waals surface area contributed by atoms with Crippen molar-refractivity contribution in [3.63, 3.8) is 0 Å². The molecule has 0 atom stereocenters. The highest BCUT2D eigenvalue weighted by Crippen LogP contribution is 2.26. The highest BCUT2D eigenvalue weighted by Gasteiger charge is 2.28. The average molecular weight is 454 g/mol. The van der Waals surface area contributed by atoms with Crippen LogP contribution in [0.25, 0.3) is 21.5 Å². The highest BCUT2D eigenvalue weighted by atomic mass is 16.1. The smallest absolute Gasteiger partial charge is 0.194 e. The molecule has 3 heteroatoms. The molecule has 3 nitrogen and oxygen atoms in total. The van der Waals surface area contributed by atoms with E-state index >= 15 is 0 Å². The molecule has 0 saturated heterocycles. The minimum absolute atomic E-state index is 0.0641. The van der Waals surface area contributed by atoms with Gasteiger partial charge in [-0.25, -0.2) is 0 Å². The van der Waals surface area contributed by atoms with Crippen LogP contribution in [0.1, 0.15) is 31.8 Å². The zero-order valence-corrected chi connectivity index (χ0v) is 19.0. The van der Waals surface area contributed by atoms with E-state index in [-0.39, 0.29) is 11.6 Å². The molecule has 1 aromatic heterocycles. The number of ketones is 2. The summed E-state index contributed by atoms with van der Waals surface area (Å²) in [5.74, 6) is -0.128. The molecule has 0 unspecified atom stereocenters. The standard InChI is InChI=1S/C14H8O2.C14H10.C4H5N/c15-13-9-5-1-2-6-10(9)14(16)12-8-4-3-7-11(12)13;1-2-6-12-10-14-8-4-3-7-13(14)9-11(12)5-1;1-2-4-5-3-1/h1-8H;1-10H;1-5H. The fourth-order valence-electron chi connectivity index (χ4n) is 4.21. The van der Waals surface area contributed by atoms with E-state index < -0.39 is 0 Å². The maximum Gasteiger partial charge on any atom is 0.194 e. The number of hydrogen-bond donors (Lipinski definition) is 1. The molecule has 6 aromatic rings. The van der Waals surface area contributed by atoms with Crippen LogP contribution >= 0.6 is 0 Å². The summed E-state index contributed by atoms with van der Waals surface area (Å²) in [6.45, 7) is 0. The molecular formula is C32H23NO2. The van der Waals surface area contributed by atoms with Crippen molar-refractivity contribution >= 4 is 33.1 Å². The Morgan fingerprint density at radius 2 is 0.657 bits per heavy atom. The van der Waals surface area contributed by atoms with Gasteiger partial charge in [-0.2, -0.15) is 0 Å². The number of aromatic nitrogens is 1. The molecule has 0 aliphatic heterocycles. The van der Waals surface area contributed by atoms with E-state index in [2.05, 4.69) is 65.6 Å². The Hall–Kier alpha value is -4.76. The van der Waals surface area contributed by atoms with Crippen molar-refractivity contribution < 1.29 is 9.59 Å². The zero-order chi connectivity index (χ0) is 24.0. The van der Waals surface area contributed by atoms with Crippen LogP contribution in [0.5, 0.6) is 0 Å². The Kier molecular flexibility index (Phi) is 6.31. The van der Waals surface area contributed by atoms with E-state index in [1.54, 1.807) is 48.5 Å². The van der Waals surface area contributed by atoms with Crippen LogP contribution in [0.3, 0.4) is 0 Å². The number of aromatic amines is 1. The third-order valence-electron chi connectivity index (χ3n) is 5.94. The van der Waals surface area contributed by atoms with E-state index in [0.717, 1.165) is 0 Å². The first-order chi connectivity index (χ1) is 17.2. The summed E-state index contributed by atoms with van der Waals surface area (Å²) in [5.41, 5.74) is 2.02. The first-order valence-corrected chi connectivity index (χ1v) is 11.4. The lowest BCUT2D eigenvalue weighted by Crippen LogP contribution is -2.20. The maximum absolute atomic E-state index is 12.1. The van der Waals surface area contributed by atoms with Gasteiger partial charge >= 0.3 is 0 Å². The van der Waals surface area contributed by atoms with Gasteiger partial charge in [-0.1, -0.05) is 97.1 Å². The van der Waals surface area contributed by atoms with Crippen LogP contribution in [0.4, 0.5) is 0 Å². The number of hydrogen-bond acceptors (Lipinski definition) is 2. The Labute approximate surface area is 203 Å². The molecule has 5 aromatic carbocycles. The number of rotatable bonds is 0. The van der Waals surface area contributed by atoms with E-state index in [9.17, 15) is 9.59 Å². The van der Waals surface area contributed by atoms with Gasteiger partial charge in [0.2, 0.25) is 0 Å². The number of benzene rings is 5. The van der Waals surface area contributed by atoms with Crippen LogP contribution in [0.2, 0.25) is 0 Å². The predicted molar refractivity (Wildman–Crippen MR) is 142 cm³/mol. The van der Waals surface area contributed by atoms with Gasteiger partial charge in [0.15, 0.2) is 11.6 Å². The Morgan fingerprint density at radius 3 is 0.914 bits per heavy atom. The van der Waals surface area contributed by atoms with Gasteiger partial charge in [0.25, 0.3) is 0 Å². The third kappa shape index (κ3) is 4.66. The molecule has 1 heterocycles. The molecule has 0 fully saturated rings. The summed E-state index contributed by atoms with van der Waals surface area (Å²) < 4.78 is 0. The fourth-order valence-corrected chi connectivity index (χ4v) is 4.21. The molecule has 1 N–H and O–H groups in total. The molecule has 35 heavy (non-hydrogen) atoms. The number of carbonyl (C=O) groups excluding carboxylic acids is 2. The van der Waals surface area contributed by atoms with Crippen molar-refractivity contribution in [1.82, 2.24) is 4.98 Å². The Bertz CT molecular complexity index is 1400. The molecule has 0 saturated carbocycles. The van der Waals surface area contributed by atoms with Gasteiger partial charge < -0.3 is 4.98 Å². The Balaban J connectivity index is 0.000000122. The SMILES string of the molecule is O=C1c2ccccc2C(=O)c2ccccc21.c1cc[nH]c1.c1ccc2cc3ccccc3cc2c1. The highest BCUT2D eigenvalue weighted by molar-refractivity contribution is 6.28. The van der Waals surface area contributed by atoms with Crippen molar-refractivity contribution in [3.05, 3.63) is 156 Å². The largest absolute Gasteiger partial charge is 0.368 e. The van der Waals surface area contributed by atoms with Crippen LogP contribution in [0.15, 0.2) is 134 Å². The lowest BCUT2D eigenvalue weighted by molar-refractivity contribution is 0.0979. The van der Waals surface area contributed by atoms with Crippen molar-refractivity contribution in [2.45, 2.75) is 0 Å². The third-order valence-corrected chi connectivity index (χ3v) is 5.94. The molecule has 0 amide bonds. The monoisotopic (exact) mass is 453 g/mol. The number of H-pyrrole nitrogens is 1. The summed E-state index contributed by atoms with van der Waals surface area (Å²) in [6.07, 6.45) is 3.75. The maximum atomic E-state index is 12.1. The number of nitrogens with one attached hydrogen (secondary N) is 1. The Morgan fingerprint density at radius 1 is 0.371 bits per heavy atom. The molecule has 0 spiro atoms. The van der Waals surface area contributed by atoms with E-state index in [4.69, 9.17) is 0 Å². The molecule has 0 radical (unpaired) electrons. The molecule has 0 bridgehead atoms. The summed E-state index contributed by atoms with van der Waals surface area (Å²) in [5, 5.41) is 5.25. The first-order valence-electron chi connectivity index (χ1n) is 11.4. The van der Waals surface area contributed by atoms with Gasteiger partial charge in [-0.05, 0) is 45.8 Å². The van der Waals surface area contributed by atoms with Gasteiger partial charge in [-0.3, -0.25) is 9.59 Å². The minimum Gasteiger partial charge on any atom is -0.368 e.